The number of hydrogen-bond donors (Lipinski definition) is 2. The van der Waals surface area contributed by atoms with Crippen molar-refractivity contribution in [1.82, 2.24) is 0 Å². The molecule has 0 bridgehead atoms. The average Bonchev–Trinajstić information content (AvgIpc) is 3.00. The van der Waals surface area contributed by atoms with E-state index in [2.05, 4.69) is 5.32 Å². The lowest BCUT2D eigenvalue weighted by Gasteiger charge is -2.23. The largest absolute Gasteiger partial charge is 0.489 e. The van der Waals surface area contributed by atoms with E-state index in [4.69, 9.17) is 15.2 Å². The first-order valence-corrected chi connectivity index (χ1v) is 9.11. The molecule has 1 aromatic rings. The number of carbonyl (C=O) groups is 1. The molecule has 1 heterocycles. The van der Waals surface area contributed by atoms with Gasteiger partial charge in [-0.25, -0.2) is 0 Å². The van der Waals surface area contributed by atoms with Crippen molar-refractivity contribution in [3.63, 3.8) is 0 Å². The van der Waals surface area contributed by atoms with Crippen molar-refractivity contribution in [3.05, 3.63) is 24.3 Å². The van der Waals surface area contributed by atoms with Crippen LogP contribution in [0.25, 0.3) is 0 Å². The van der Waals surface area contributed by atoms with Crippen LogP contribution in [0.3, 0.4) is 0 Å². The van der Waals surface area contributed by atoms with E-state index in [0.29, 0.717) is 24.7 Å². The maximum absolute atomic E-state index is 12.3. The second kappa shape index (κ2) is 10.00. The average molecular weight is 369 g/mol. The van der Waals surface area contributed by atoms with Crippen molar-refractivity contribution >= 4 is 24.0 Å². The van der Waals surface area contributed by atoms with Crippen molar-refractivity contribution in [3.8, 4) is 5.75 Å². The topological polar surface area (TPSA) is 73.6 Å². The van der Waals surface area contributed by atoms with E-state index in [1.165, 1.54) is 6.42 Å². The molecule has 1 saturated heterocycles. The Labute approximate surface area is 156 Å². The third-order valence-corrected chi connectivity index (χ3v) is 5.03. The number of carbonyl (C=O) groups excluding carboxylic acids is 1. The van der Waals surface area contributed by atoms with Gasteiger partial charge in [-0.05, 0) is 50.2 Å². The molecule has 5 nitrogen and oxygen atoms in total. The fraction of sp³-hybridized carbons (Fsp3) is 0.632. The Morgan fingerprint density at radius 2 is 2.04 bits per heavy atom. The number of benzene rings is 1. The zero-order chi connectivity index (χ0) is 16.8. The maximum atomic E-state index is 12.3. The summed E-state index contributed by atoms with van der Waals surface area (Å²) in [6.07, 6.45) is 7.19. The quantitative estimate of drug-likeness (QED) is 0.805. The summed E-state index contributed by atoms with van der Waals surface area (Å²) in [7, 11) is 0. The number of hydrogen-bond acceptors (Lipinski definition) is 4. The Kier molecular flexibility index (Phi) is 8.00. The van der Waals surface area contributed by atoms with E-state index in [9.17, 15) is 4.79 Å². The Morgan fingerprint density at radius 1 is 1.20 bits per heavy atom. The first kappa shape index (κ1) is 20.0. The van der Waals surface area contributed by atoms with Gasteiger partial charge in [-0.15, -0.1) is 12.4 Å². The highest BCUT2D eigenvalue weighted by Crippen LogP contribution is 2.29. The maximum Gasteiger partial charge on any atom is 0.224 e. The van der Waals surface area contributed by atoms with Crippen LogP contribution in [0.4, 0.5) is 5.69 Å². The van der Waals surface area contributed by atoms with Gasteiger partial charge in [0.15, 0.2) is 0 Å². The molecule has 0 aromatic heterocycles. The van der Waals surface area contributed by atoms with E-state index in [-0.39, 0.29) is 30.5 Å². The molecule has 1 aromatic carbocycles. The predicted octanol–water partition coefficient (Wildman–Crippen LogP) is 3.51. The lowest BCUT2D eigenvalue weighted by molar-refractivity contribution is -0.117. The molecule has 1 aliphatic heterocycles. The Balaban J connectivity index is 0.00000225. The standard InChI is InChI=1S/C19H28N2O3.ClH/c20-16-8-5-6-14(16)12-19(22)21-17-9-1-2-10-18(17)24-13-15-7-3-4-11-23-15;/h1-2,9-10,14-16H,3-8,11-13,20H2,(H,21,22);1H/t14-,15?,16+;/m0./s1. The third-order valence-electron chi connectivity index (χ3n) is 5.03. The normalized spacial score (nSPS) is 25.9. The summed E-state index contributed by atoms with van der Waals surface area (Å²) in [6.45, 7) is 1.34. The number of anilines is 1. The van der Waals surface area contributed by atoms with Crippen LogP contribution >= 0.6 is 12.4 Å². The number of ether oxygens (including phenoxy) is 2. The first-order chi connectivity index (χ1) is 11.7. The Hall–Kier alpha value is -1.30. The van der Waals surface area contributed by atoms with Crippen molar-refractivity contribution in [1.29, 1.82) is 0 Å². The molecule has 1 aliphatic carbocycles. The molecule has 0 radical (unpaired) electrons. The number of nitrogens with one attached hydrogen (secondary N) is 1. The zero-order valence-corrected chi connectivity index (χ0v) is 15.4. The smallest absolute Gasteiger partial charge is 0.224 e. The second-order valence-corrected chi connectivity index (χ2v) is 6.90. The summed E-state index contributed by atoms with van der Waals surface area (Å²) in [5.74, 6) is 1.02. The van der Waals surface area contributed by atoms with Crippen molar-refractivity contribution in [2.24, 2.45) is 11.7 Å². The summed E-state index contributed by atoms with van der Waals surface area (Å²) in [4.78, 5) is 12.3. The molecule has 3 rings (SSSR count). The van der Waals surface area contributed by atoms with Crippen LogP contribution in [-0.4, -0.2) is 31.3 Å². The molecule has 0 spiro atoms. The predicted molar refractivity (Wildman–Crippen MR) is 101 cm³/mol. The van der Waals surface area contributed by atoms with Crippen molar-refractivity contribution in [2.45, 2.75) is 57.1 Å². The number of rotatable bonds is 6. The van der Waals surface area contributed by atoms with Gasteiger partial charge in [0.05, 0.1) is 11.8 Å². The van der Waals surface area contributed by atoms with Crippen molar-refractivity contribution in [2.75, 3.05) is 18.5 Å². The van der Waals surface area contributed by atoms with Gasteiger partial charge in [0.2, 0.25) is 5.91 Å². The van der Waals surface area contributed by atoms with Crippen LogP contribution < -0.4 is 15.8 Å². The molecule has 1 saturated carbocycles. The highest BCUT2D eigenvalue weighted by molar-refractivity contribution is 5.92. The van der Waals surface area contributed by atoms with Crippen LogP contribution in [0.1, 0.15) is 44.9 Å². The lowest BCUT2D eigenvalue weighted by Crippen LogP contribution is -2.28. The Bertz CT molecular complexity index is 549. The molecule has 3 N–H and O–H groups in total. The van der Waals surface area contributed by atoms with Gasteiger partial charge in [0, 0.05) is 19.1 Å². The molecule has 140 valence electrons. The van der Waals surface area contributed by atoms with E-state index in [1.54, 1.807) is 0 Å². The van der Waals surface area contributed by atoms with Crippen LogP contribution in [0, 0.1) is 5.92 Å². The van der Waals surface area contributed by atoms with E-state index in [1.807, 2.05) is 24.3 Å². The van der Waals surface area contributed by atoms with Gasteiger partial charge in [-0.2, -0.15) is 0 Å². The molecule has 3 atom stereocenters. The van der Waals surface area contributed by atoms with Gasteiger partial charge in [-0.1, -0.05) is 18.6 Å². The zero-order valence-electron chi connectivity index (χ0n) is 14.6. The molecule has 1 unspecified atom stereocenters. The summed E-state index contributed by atoms with van der Waals surface area (Å²) in [6, 6.07) is 7.75. The molecule has 1 amide bonds. The van der Waals surface area contributed by atoms with E-state index < -0.39 is 0 Å². The third kappa shape index (κ3) is 5.87. The Morgan fingerprint density at radius 3 is 2.76 bits per heavy atom. The fourth-order valence-corrected chi connectivity index (χ4v) is 3.58. The first-order valence-electron chi connectivity index (χ1n) is 9.11. The number of halogens is 1. The summed E-state index contributed by atoms with van der Waals surface area (Å²) in [5.41, 5.74) is 6.79. The fourth-order valence-electron chi connectivity index (χ4n) is 3.58. The molecular formula is C19H29ClN2O3. The van der Waals surface area contributed by atoms with Gasteiger partial charge in [0.1, 0.15) is 12.4 Å². The number of para-hydroxylation sites is 2. The highest BCUT2D eigenvalue weighted by Gasteiger charge is 2.26. The minimum absolute atomic E-state index is 0. The number of amides is 1. The summed E-state index contributed by atoms with van der Waals surface area (Å²) in [5, 5.41) is 2.99. The van der Waals surface area contributed by atoms with Gasteiger partial charge >= 0.3 is 0 Å². The van der Waals surface area contributed by atoms with Crippen LogP contribution in [0.15, 0.2) is 24.3 Å². The second-order valence-electron chi connectivity index (χ2n) is 6.90. The summed E-state index contributed by atoms with van der Waals surface area (Å²) < 4.78 is 11.6. The van der Waals surface area contributed by atoms with Gasteiger partial charge in [-0.3, -0.25) is 4.79 Å². The molecular weight excluding hydrogens is 340 g/mol. The molecule has 6 heteroatoms. The van der Waals surface area contributed by atoms with Crippen LogP contribution in [-0.2, 0) is 9.53 Å². The number of nitrogens with two attached hydrogens (primary N) is 1. The van der Waals surface area contributed by atoms with E-state index in [0.717, 1.165) is 44.4 Å². The SMILES string of the molecule is Cl.N[C@@H]1CCC[C@H]1CC(=O)Nc1ccccc1OCC1CCCCO1. The molecule has 2 aliphatic rings. The van der Waals surface area contributed by atoms with Gasteiger partial charge in [0.25, 0.3) is 0 Å². The van der Waals surface area contributed by atoms with Crippen LogP contribution in [0.5, 0.6) is 5.75 Å². The minimum Gasteiger partial charge on any atom is -0.489 e. The van der Waals surface area contributed by atoms with Crippen molar-refractivity contribution < 1.29 is 14.3 Å². The van der Waals surface area contributed by atoms with E-state index >= 15 is 0 Å². The monoisotopic (exact) mass is 368 g/mol. The highest BCUT2D eigenvalue weighted by atomic mass is 35.5. The molecule has 25 heavy (non-hydrogen) atoms. The molecule has 2 fully saturated rings. The minimum atomic E-state index is 0. The van der Waals surface area contributed by atoms with Gasteiger partial charge < -0.3 is 20.5 Å². The lowest BCUT2D eigenvalue weighted by atomic mass is 10.00. The summed E-state index contributed by atoms with van der Waals surface area (Å²) >= 11 is 0. The van der Waals surface area contributed by atoms with Crippen LogP contribution in [0.2, 0.25) is 0 Å².